The molecule has 0 unspecified atom stereocenters. The average Bonchev–Trinajstić information content (AvgIpc) is 3.09. The van der Waals surface area contributed by atoms with Crippen molar-refractivity contribution in [3.05, 3.63) is 22.7 Å². The average molecular weight is 331 g/mol. The molecule has 1 N–H and O–H groups in total. The summed E-state index contributed by atoms with van der Waals surface area (Å²) in [5.41, 5.74) is 1.00. The molecule has 5 nitrogen and oxygen atoms in total. The maximum absolute atomic E-state index is 11.7. The number of carbonyl (C=O) groups is 1. The van der Waals surface area contributed by atoms with Crippen LogP contribution in [0.5, 0.6) is 0 Å². The summed E-state index contributed by atoms with van der Waals surface area (Å²) in [4.78, 5) is 11.7. The van der Waals surface area contributed by atoms with Gasteiger partial charge in [-0.3, -0.25) is 4.79 Å². The summed E-state index contributed by atoms with van der Waals surface area (Å²) < 4.78 is 5.86. The molecule has 2 fully saturated rings. The van der Waals surface area contributed by atoms with Crippen LogP contribution in [-0.4, -0.2) is 22.6 Å². The molecular formula is C17H21N3O2S. The standard InChI is InChI=1S/C17H21N3O2S/c21-15(12-5-6-12)18-9-11-1-3-13(4-2-11)16-19-20-17(22-16)14-7-8-23-10-14/h7-8,10-13H,1-6,9H2,(H,18,21). The molecule has 0 bridgehead atoms. The summed E-state index contributed by atoms with van der Waals surface area (Å²) >= 11 is 1.63. The van der Waals surface area contributed by atoms with Crippen LogP contribution in [0.1, 0.15) is 50.3 Å². The molecule has 0 aliphatic heterocycles. The Bertz CT molecular complexity index is 655. The maximum atomic E-state index is 11.7. The lowest BCUT2D eigenvalue weighted by atomic mass is 9.82. The topological polar surface area (TPSA) is 68.0 Å². The van der Waals surface area contributed by atoms with Crippen LogP contribution in [-0.2, 0) is 4.79 Å². The van der Waals surface area contributed by atoms with E-state index in [1.54, 1.807) is 11.3 Å². The number of carbonyl (C=O) groups excluding carboxylic acids is 1. The number of amides is 1. The van der Waals surface area contributed by atoms with Crippen LogP contribution in [0.25, 0.3) is 11.5 Å². The molecule has 0 spiro atoms. The molecule has 0 saturated heterocycles. The number of aromatic nitrogens is 2. The van der Waals surface area contributed by atoms with Gasteiger partial charge < -0.3 is 9.73 Å². The molecule has 0 radical (unpaired) electrons. The first kappa shape index (κ1) is 14.9. The van der Waals surface area contributed by atoms with Gasteiger partial charge in [0.25, 0.3) is 0 Å². The molecule has 6 heteroatoms. The Morgan fingerprint density at radius 3 is 2.74 bits per heavy atom. The zero-order chi connectivity index (χ0) is 15.6. The Morgan fingerprint density at radius 1 is 1.22 bits per heavy atom. The van der Waals surface area contributed by atoms with E-state index in [2.05, 4.69) is 15.5 Å². The molecule has 2 aromatic heterocycles. The second kappa shape index (κ2) is 6.43. The molecule has 0 aromatic carbocycles. The van der Waals surface area contributed by atoms with E-state index in [0.29, 0.717) is 23.6 Å². The van der Waals surface area contributed by atoms with Crippen molar-refractivity contribution in [2.75, 3.05) is 6.54 Å². The molecule has 2 heterocycles. The van der Waals surface area contributed by atoms with Gasteiger partial charge in [-0.05, 0) is 55.9 Å². The number of hydrogen-bond donors (Lipinski definition) is 1. The smallest absolute Gasteiger partial charge is 0.248 e. The van der Waals surface area contributed by atoms with Crippen molar-refractivity contribution in [1.82, 2.24) is 15.5 Å². The Kier molecular flexibility index (Phi) is 4.16. The summed E-state index contributed by atoms with van der Waals surface area (Å²) in [6.07, 6.45) is 6.51. The van der Waals surface area contributed by atoms with Crippen LogP contribution in [0, 0.1) is 11.8 Å². The van der Waals surface area contributed by atoms with Gasteiger partial charge in [0.2, 0.25) is 17.7 Å². The molecule has 23 heavy (non-hydrogen) atoms. The van der Waals surface area contributed by atoms with E-state index < -0.39 is 0 Å². The van der Waals surface area contributed by atoms with Gasteiger partial charge >= 0.3 is 0 Å². The van der Waals surface area contributed by atoms with Crippen LogP contribution < -0.4 is 5.32 Å². The molecule has 2 saturated carbocycles. The lowest BCUT2D eigenvalue weighted by Gasteiger charge is -2.26. The fraction of sp³-hybridized carbons (Fsp3) is 0.588. The van der Waals surface area contributed by atoms with Gasteiger partial charge in [0.1, 0.15) is 0 Å². The fourth-order valence-electron chi connectivity index (χ4n) is 3.25. The molecule has 2 aromatic rings. The minimum absolute atomic E-state index is 0.254. The quantitative estimate of drug-likeness (QED) is 0.909. The minimum Gasteiger partial charge on any atom is -0.420 e. The highest BCUT2D eigenvalue weighted by Gasteiger charge is 2.31. The summed E-state index contributed by atoms with van der Waals surface area (Å²) in [7, 11) is 0. The van der Waals surface area contributed by atoms with Crippen molar-refractivity contribution in [2.45, 2.75) is 44.4 Å². The third-order valence-electron chi connectivity index (χ3n) is 4.92. The molecule has 2 aliphatic carbocycles. The summed E-state index contributed by atoms with van der Waals surface area (Å²) in [5, 5.41) is 15.6. The second-order valence-corrected chi connectivity index (χ2v) is 7.47. The Hall–Kier alpha value is -1.69. The van der Waals surface area contributed by atoms with Crippen LogP contribution in [0.2, 0.25) is 0 Å². The van der Waals surface area contributed by atoms with E-state index >= 15 is 0 Å². The van der Waals surface area contributed by atoms with Gasteiger partial charge in [-0.1, -0.05) is 0 Å². The summed E-state index contributed by atoms with van der Waals surface area (Å²) in [6, 6.07) is 2.00. The van der Waals surface area contributed by atoms with E-state index in [1.165, 1.54) is 0 Å². The first-order valence-electron chi connectivity index (χ1n) is 8.43. The molecule has 1 amide bonds. The Labute approximate surface area is 139 Å². The zero-order valence-electron chi connectivity index (χ0n) is 13.0. The number of rotatable bonds is 5. The van der Waals surface area contributed by atoms with Crippen LogP contribution in [0.3, 0.4) is 0 Å². The molecule has 0 atom stereocenters. The van der Waals surface area contributed by atoms with Crippen molar-refractivity contribution in [1.29, 1.82) is 0 Å². The van der Waals surface area contributed by atoms with E-state index in [1.807, 2.05) is 16.8 Å². The van der Waals surface area contributed by atoms with Gasteiger partial charge in [0.05, 0.1) is 0 Å². The van der Waals surface area contributed by atoms with Gasteiger partial charge in [0.15, 0.2) is 0 Å². The number of thiophene rings is 1. The zero-order valence-corrected chi connectivity index (χ0v) is 13.8. The fourth-order valence-corrected chi connectivity index (χ4v) is 3.88. The monoisotopic (exact) mass is 331 g/mol. The molecule has 122 valence electrons. The van der Waals surface area contributed by atoms with Crippen molar-refractivity contribution in [2.24, 2.45) is 11.8 Å². The van der Waals surface area contributed by atoms with Gasteiger partial charge in [-0.15, -0.1) is 10.2 Å². The number of nitrogens with one attached hydrogen (secondary N) is 1. The van der Waals surface area contributed by atoms with E-state index in [9.17, 15) is 4.79 Å². The minimum atomic E-state index is 0.254. The van der Waals surface area contributed by atoms with Crippen LogP contribution in [0.15, 0.2) is 21.2 Å². The first-order chi connectivity index (χ1) is 11.3. The SMILES string of the molecule is O=C(NCC1CCC(c2nnc(-c3ccsc3)o2)CC1)C1CC1. The van der Waals surface area contributed by atoms with Crippen molar-refractivity contribution in [3.63, 3.8) is 0 Å². The normalized spacial score (nSPS) is 24.5. The third-order valence-corrected chi connectivity index (χ3v) is 5.60. The van der Waals surface area contributed by atoms with E-state index in [0.717, 1.165) is 56.5 Å². The Morgan fingerprint density at radius 2 is 2.04 bits per heavy atom. The first-order valence-corrected chi connectivity index (χ1v) is 9.37. The molecule has 2 aliphatic rings. The summed E-state index contributed by atoms with van der Waals surface area (Å²) in [6.45, 7) is 0.825. The highest BCUT2D eigenvalue weighted by molar-refractivity contribution is 7.08. The van der Waals surface area contributed by atoms with Crippen molar-refractivity contribution >= 4 is 17.2 Å². The van der Waals surface area contributed by atoms with E-state index in [-0.39, 0.29) is 5.91 Å². The second-order valence-electron chi connectivity index (χ2n) is 6.69. The lowest BCUT2D eigenvalue weighted by Crippen LogP contribution is -2.32. The van der Waals surface area contributed by atoms with E-state index in [4.69, 9.17) is 4.42 Å². The highest BCUT2D eigenvalue weighted by Crippen LogP contribution is 2.36. The number of nitrogens with zero attached hydrogens (tertiary/aromatic N) is 2. The largest absolute Gasteiger partial charge is 0.420 e. The van der Waals surface area contributed by atoms with Crippen molar-refractivity contribution in [3.8, 4) is 11.5 Å². The highest BCUT2D eigenvalue weighted by atomic mass is 32.1. The predicted molar refractivity (Wildman–Crippen MR) is 88.0 cm³/mol. The molecular weight excluding hydrogens is 310 g/mol. The van der Waals surface area contributed by atoms with Crippen LogP contribution in [0.4, 0.5) is 0 Å². The van der Waals surface area contributed by atoms with Gasteiger partial charge in [-0.25, -0.2) is 0 Å². The van der Waals surface area contributed by atoms with Gasteiger partial charge in [-0.2, -0.15) is 11.3 Å². The maximum Gasteiger partial charge on any atom is 0.248 e. The predicted octanol–water partition coefficient (Wildman–Crippen LogP) is 3.60. The summed E-state index contributed by atoms with van der Waals surface area (Å²) in [5.74, 6) is 2.91. The number of hydrogen-bond acceptors (Lipinski definition) is 5. The van der Waals surface area contributed by atoms with Crippen molar-refractivity contribution < 1.29 is 9.21 Å². The third kappa shape index (κ3) is 3.47. The van der Waals surface area contributed by atoms with Gasteiger partial charge in [0, 0.05) is 29.3 Å². The molecule has 4 rings (SSSR count). The Balaban J connectivity index is 1.28. The lowest BCUT2D eigenvalue weighted by molar-refractivity contribution is -0.122. The van der Waals surface area contributed by atoms with Crippen LogP contribution >= 0.6 is 11.3 Å².